The summed E-state index contributed by atoms with van der Waals surface area (Å²) in [6.07, 6.45) is -0.727. The summed E-state index contributed by atoms with van der Waals surface area (Å²) < 4.78 is 15.6. The molecule has 3 rings (SSSR count). The molecule has 1 aliphatic heterocycles. The fraction of sp³-hybridized carbons (Fsp3) is 0.286. The molecule has 0 bridgehead atoms. The third-order valence-electron chi connectivity index (χ3n) is 4.37. The van der Waals surface area contributed by atoms with E-state index in [2.05, 4.69) is 16.2 Å². The molecule has 2 aromatic carbocycles. The van der Waals surface area contributed by atoms with Crippen molar-refractivity contribution in [3.05, 3.63) is 59.7 Å². The zero-order chi connectivity index (χ0) is 21.5. The summed E-state index contributed by atoms with van der Waals surface area (Å²) in [5.41, 5.74) is 5.77. The van der Waals surface area contributed by atoms with E-state index in [-0.39, 0.29) is 24.9 Å². The summed E-state index contributed by atoms with van der Waals surface area (Å²) in [7, 11) is 0. The van der Waals surface area contributed by atoms with Crippen LogP contribution >= 0.6 is 0 Å². The number of rotatable bonds is 6. The van der Waals surface area contributed by atoms with Gasteiger partial charge in [0.15, 0.2) is 11.5 Å². The van der Waals surface area contributed by atoms with Crippen molar-refractivity contribution in [3.8, 4) is 11.5 Å². The van der Waals surface area contributed by atoms with Crippen LogP contribution < -0.4 is 25.6 Å². The summed E-state index contributed by atoms with van der Waals surface area (Å²) in [5.74, 6) is -0.339. The number of hydrogen-bond donors (Lipinski definition) is 3. The quantitative estimate of drug-likeness (QED) is 0.625. The summed E-state index contributed by atoms with van der Waals surface area (Å²) in [6, 6.07) is 13.0. The van der Waals surface area contributed by atoms with Crippen molar-refractivity contribution < 1.29 is 28.6 Å². The van der Waals surface area contributed by atoms with Crippen molar-refractivity contribution in [3.63, 3.8) is 0 Å². The molecule has 0 unspecified atom stereocenters. The monoisotopic (exact) mass is 413 g/mol. The highest BCUT2D eigenvalue weighted by Gasteiger charge is 2.25. The minimum absolute atomic E-state index is 0.0833. The Morgan fingerprint density at radius 2 is 1.73 bits per heavy atom. The molecular formula is C21H23N3O6. The SMILES string of the molecule is CC(C)[C@H](NC(=O)OCc1ccccc1)C(=O)NNC(=O)c1ccc2c(c1)OCO2. The highest BCUT2D eigenvalue weighted by Crippen LogP contribution is 2.32. The Morgan fingerprint density at radius 1 is 1.00 bits per heavy atom. The van der Waals surface area contributed by atoms with E-state index in [4.69, 9.17) is 14.2 Å². The number of alkyl carbamates (subject to hydrolysis) is 1. The number of carbonyl (C=O) groups excluding carboxylic acids is 3. The van der Waals surface area contributed by atoms with Crippen LogP contribution in [-0.2, 0) is 16.1 Å². The molecule has 1 atom stereocenters. The molecule has 1 heterocycles. The van der Waals surface area contributed by atoms with Gasteiger partial charge in [0.25, 0.3) is 11.8 Å². The van der Waals surface area contributed by atoms with Gasteiger partial charge in [0.05, 0.1) is 0 Å². The van der Waals surface area contributed by atoms with Gasteiger partial charge in [-0.3, -0.25) is 20.4 Å². The predicted octanol–water partition coefficient (Wildman–Crippen LogP) is 2.13. The van der Waals surface area contributed by atoms with E-state index in [0.29, 0.717) is 11.5 Å². The number of carbonyl (C=O) groups is 3. The maximum Gasteiger partial charge on any atom is 0.408 e. The van der Waals surface area contributed by atoms with Gasteiger partial charge >= 0.3 is 6.09 Å². The van der Waals surface area contributed by atoms with Gasteiger partial charge < -0.3 is 19.5 Å². The van der Waals surface area contributed by atoms with Crippen LogP contribution in [0.5, 0.6) is 11.5 Å². The third kappa shape index (κ3) is 5.40. The van der Waals surface area contributed by atoms with Gasteiger partial charge in [-0.25, -0.2) is 4.79 Å². The van der Waals surface area contributed by atoms with Gasteiger partial charge in [-0.05, 0) is 29.7 Å². The van der Waals surface area contributed by atoms with E-state index in [0.717, 1.165) is 5.56 Å². The summed E-state index contributed by atoms with van der Waals surface area (Å²) in [4.78, 5) is 36.8. The second-order valence-corrected chi connectivity index (χ2v) is 6.94. The van der Waals surface area contributed by atoms with Crippen LogP contribution in [-0.4, -0.2) is 30.7 Å². The van der Waals surface area contributed by atoms with Crippen molar-refractivity contribution in [1.29, 1.82) is 0 Å². The topological polar surface area (TPSA) is 115 Å². The zero-order valence-electron chi connectivity index (χ0n) is 16.6. The summed E-state index contributed by atoms with van der Waals surface area (Å²) in [5, 5.41) is 2.52. The van der Waals surface area contributed by atoms with Crippen molar-refractivity contribution in [2.45, 2.75) is 26.5 Å². The first kappa shape index (κ1) is 21.0. The second kappa shape index (κ2) is 9.64. The summed E-state index contributed by atoms with van der Waals surface area (Å²) in [6.45, 7) is 3.71. The minimum atomic E-state index is -0.898. The predicted molar refractivity (Wildman–Crippen MR) is 107 cm³/mol. The van der Waals surface area contributed by atoms with E-state index < -0.39 is 23.9 Å². The molecule has 9 heteroatoms. The number of nitrogens with one attached hydrogen (secondary N) is 3. The minimum Gasteiger partial charge on any atom is -0.454 e. The van der Waals surface area contributed by atoms with Crippen LogP contribution in [0.2, 0.25) is 0 Å². The van der Waals surface area contributed by atoms with Crippen LogP contribution in [0, 0.1) is 5.92 Å². The van der Waals surface area contributed by atoms with Crippen LogP contribution in [0.25, 0.3) is 0 Å². The number of hydrazine groups is 1. The molecule has 0 saturated heterocycles. The molecule has 0 aliphatic carbocycles. The van der Waals surface area contributed by atoms with E-state index in [1.54, 1.807) is 26.0 Å². The summed E-state index contributed by atoms with van der Waals surface area (Å²) >= 11 is 0. The fourth-order valence-electron chi connectivity index (χ4n) is 2.73. The third-order valence-corrected chi connectivity index (χ3v) is 4.37. The molecule has 0 saturated carbocycles. The number of fused-ring (bicyclic) bond motifs is 1. The van der Waals surface area contributed by atoms with E-state index in [1.165, 1.54) is 6.07 Å². The number of amides is 3. The Morgan fingerprint density at radius 3 is 2.47 bits per heavy atom. The van der Waals surface area contributed by atoms with Gasteiger partial charge in [-0.2, -0.15) is 0 Å². The van der Waals surface area contributed by atoms with Crippen LogP contribution in [0.4, 0.5) is 4.79 Å². The van der Waals surface area contributed by atoms with Gasteiger partial charge in [-0.15, -0.1) is 0 Å². The van der Waals surface area contributed by atoms with Gasteiger partial charge in [0.2, 0.25) is 6.79 Å². The Labute approximate surface area is 173 Å². The normalized spacial score (nSPS) is 12.8. The molecule has 3 N–H and O–H groups in total. The maximum atomic E-state index is 12.5. The molecule has 1 aliphatic rings. The molecule has 2 aromatic rings. The van der Waals surface area contributed by atoms with Gasteiger partial charge in [0, 0.05) is 5.56 Å². The standard InChI is InChI=1S/C21H23N3O6/c1-13(2)18(22-21(27)28-11-14-6-4-3-5-7-14)20(26)24-23-19(25)15-8-9-16-17(10-15)30-12-29-16/h3-10,13,18H,11-12H2,1-2H3,(H,22,27)(H,23,25)(H,24,26)/t18-/m0/s1. The van der Waals surface area contributed by atoms with Crippen LogP contribution in [0.1, 0.15) is 29.8 Å². The highest BCUT2D eigenvalue weighted by molar-refractivity contribution is 5.96. The van der Waals surface area contributed by atoms with Gasteiger partial charge in [0.1, 0.15) is 12.6 Å². The molecule has 0 fully saturated rings. The van der Waals surface area contributed by atoms with E-state index in [1.807, 2.05) is 30.3 Å². The average Bonchev–Trinajstić information content (AvgIpc) is 3.22. The number of hydrogen-bond acceptors (Lipinski definition) is 6. The Bertz CT molecular complexity index is 916. The molecule has 9 nitrogen and oxygen atoms in total. The molecule has 3 amide bonds. The van der Waals surface area contributed by atoms with Crippen molar-refractivity contribution in [2.75, 3.05) is 6.79 Å². The van der Waals surface area contributed by atoms with Crippen molar-refractivity contribution in [2.24, 2.45) is 5.92 Å². The largest absolute Gasteiger partial charge is 0.454 e. The molecule has 30 heavy (non-hydrogen) atoms. The Balaban J connectivity index is 1.51. The molecular weight excluding hydrogens is 390 g/mol. The Kier molecular flexibility index (Phi) is 6.74. The maximum absolute atomic E-state index is 12.5. The Hall–Kier alpha value is -3.75. The van der Waals surface area contributed by atoms with E-state index >= 15 is 0 Å². The number of ether oxygens (including phenoxy) is 3. The molecule has 0 spiro atoms. The smallest absolute Gasteiger partial charge is 0.408 e. The highest BCUT2D eigenvalue weighted by atomic mass is 16.7. The first-order valence-corrected chi connectivity index (χ1v) is 9.41. The average molecular weight is 413 g/mol. The lowest BCUT2D eigenvalue weighted by atomic mass is 10.0. The van der Waals surface area contributed by atoms with Crippen LogP contribution in [0.3, 0.4) is 0 Å². The van der Waals surface area contributed by atoms with Crippen molar-refractivity contribution >= 4 is 17.9 Å². The lowest BCUT2D eigenvalue weighted by molar-refractivity contribution is -0.124. The van der Waals surface area contributed by atoms with Crippen molar-refractivity contribution in [1.82, 2.24) is 16.2 Å². The molecule has 158 valence electrons. The lowest BCUT2D eigenvalue weighted by Gasteiger charge is -2.21. The lowest BCUT2D eigenvalue weighted by Crippen LogP contribution is -2.54. The molecule has 0 radical (unpaired) electrons. The second-order valence-electron chi connectivity index (χ2n) is 6.94. The number of benzene rings is 2. The zero-order valence-corrected chi connectivity index (χ0v) is 16.6. The van der Waals surface area contributed by atoms with Crippen LogP contribution in [0.15, 0.2) is 48.5 Å². The fourth-order valence-corrected chi connectivity index (χ4v) is 2.73. The molecule has 0 aromatic heterocycles. The van der Waals surface area contributed by atoms with Gasteiger partial charge in [-0.1, -0.05) is 44.2 Å². The first-order valence-electron chi connectivity index (χ1n) is 9.41. The first-order chi connectivity index (χ1) is 14.4. The van der Waals surface area contributed by atoms with E-state index in [9.17, 15) is 14.4 Å².